The molecule has 22 heavy (non-hydrogen) atoms. The molecule has 0 unspecified atom stereocenters. The van der Waals surface area contributed by atoms with Crippen LogP contribution in [0.25, 0.3) is 0 Å². The molecule has 0 atom stereocenters. The Morgan fingerprint density at radius 1 is 0.955 bits per heavy atom. The van der Waals surface area contributed by atoms with Crippen LogP contribution in [-0.2, 0) is 4.79 Å². The monoisotopic (exact) mass is 306 g/mol. The van der Waals surface area contributed by atoms with Gasteiger partial charge in [-0.2, -0.15) is 0 Å². The highest BCUT2D eigenvalue weighted by Crippen LogP contribution is 2.10. The van der Waals surface area contributed by atoms with Gasteiger partial charge in [-0.3, -0.25) is 4.79 Å². The molecule has 128 valence electrons. The molecule has 0 N–H and O–H groups in total. The third-order valence-electron chi connectivity index (χ3n) is 1.81. The highest BCUT2D eigenvalue weighted by molar-refractivity contribution is 6.11. The third-order valence-corrected chi connectivity index (χ3v) is 1.81. The molecule has 0 saturated carbocycles. The molecule has 0 saturated heterocycles. The fraction of sp³-hybridized carbons (Fsp3) is 0.476. The fourth-order valence-electron chi connectivity index (χ4n) is 1.17. The zero-order valence-electron chi connectivity index (χ0n) is 16.2. The maximum atomic E-state index is 11.9. The predicted molar refractivity (Wildman–Crippen MR) is 105 cm³/mol. The minimum Gasteiger partial charge on any atom is -0.289 e. The Balaban J connectivity index is -0.000000198. The van der Waals surface area contributed by atoms with Crippen molar-refractivity contribution < 1.29 is 4.79 Å². The first-order valence-corrected chi connectivity index (χ1v) is 8.45. The number of allylic oxidation sites excluding steroid dienone is 8. The van der Waals surface area contributed by atoms with Gasteiger partial charge in [-0.25, -0.2) is 0 Å². The van der Waals surface area contributed by atoms with Crippen LogP contribution in [0.5, 0.6) is 0 Å². The van der Waals surface area contributed by atoms with Gasteiger partial charge < -0.3 is 0 Å². The summed E-state index contributed by atoms with van der Waals surface area (Å²) in [6.07, 6.45) is 12.5. The Morgan fingerprint density at radius 2 is 1.41 bits per heavy atom. The van der Waals surface area contributed by atoms with Gasteiger partial charge in [0, 0.05) is 11.1 Å². The average Bonchev–Trinajstić information content (AvgIpc) is 2.56. The normalized spacial score (nSPS) is 10.2. The molecule has 1 heteroatoms. The van der Waals surface area contributed by atoms with Crippen molar-refractivity contribution in [2.24, 2.45) is 0 Å². The molecule has 0 spiro atoms. The van der Waals surface area contributed by atoms with Crippen LogP contribution < -0.4 is 0 Å². The van der Waals surface area contributed by atoms with Gasteiger partial charge in [0.05, 0.1) is 0 Å². The summed E-state index contributed by atoms with van der Waals surface area (Å²) in [6.45, 7) is 23.3. The van der Waals surface area contributed by atoms with Crippen molar-refractivity contribution >= 4 is 5.78 Å². The third kappa shape index (κ3) is 18.4. The first kappa shape index (κ1) is 28.5. The zero-order valence-corrected chi connectivity index (χ0v) is 16.2. The van der Waals surface area contributed by atoms with E-state index in [4.69, 9.17) is 0 Å². The summed E-state index contributed by atoms with van der Waals surface area (Å²) in [7, 11) is 0. The molecule has 0 fully saturated rings. The van der Waals surface area contributed by atoms with E-state index in [9.17, 15) is 4.79 Å². The van der Waals surface area contributed by atoms with Gasteiger partial charge in [-0.1, -0.05) is 105 Å². The molecule has 0 bridgehead atoms. The molecule has 0 radical (unpaired) electrons. The summed E-state index contributed by atoms with van der Waals surface area (Å²) in [6, 6.07) is 0. The second-order valence-corrected chi connectivity index (χ2v) is 3.67. The average molecular weight is 307 g/mol. The molecule has 0 aliphatic rings. The van der Waals surface area contributed by atoms with E-state index < -0.39 is 0 Å². The summed E-state index contributed by atoms with van der Waals surface area (Å²) in [5, 5.41) is 0. The standard InChI is InChI=1S/C14H18O.C3H8.2C2H6/c1-5-9-12(8-4)14(15)13(10-6-2)11-7-3;1-3-2;2*1-2/h5-6,8-11H,1,4,7H2,2-3H3;3H2,1-2H3;2*1-2H3/b10-6-,12-9+,13-11+;;;. The Kier molecular flexibility index (Phi) is 35.9. The van der Waals surface area contributed by atoms with E-state index in [2.05, 4.69) is 27.0 Å². The summed E-state index contributed by atoms with van der Waals surface area (Å²) >= 11 is 0. The van der Waals surface area contributed by atoms with E-state index in [1.165, 1.54) is 6.42 Å². The summed E-state index contributed by atoms with van der Waals surface area (Å²) in [5.41, 5.74) is 1.27. The molecule has 0 rings (SSSR count). The van der Waals surface area contributed by atoms with Crippen molar-refractivity contribution in [3.05, 3.63) is 60.8 Å². The van der Waals surface area contributed by atoms with Crippen LogP contribution >= 0.6 is 0 Å². The van der Waals surface area contributed by atoms with Gasteiger partial charge in [0.2, 0.25) is 0 Å². The maximum Gasteiger partial charge on any atom is 0.192 e. The molecule has 0 aliphatic carbocycles. The molecular weight excluding hydrogens is 268 g/mol. The van der Waals surface area contributed by atoms with Crippen LogP contribution in [0.1, 0.15) is 68.2 Å². The van der Waals surface area contributed by atoms with Gasteiger partial charge in [0.1, 0.15) is 0 Å². The number of hydrogen-bond donors (Lipinski definition) is 0. The van der Waals surface area contributed by atoms with Crippen molar-refractivity contribution in [1.82, 2.24) is 0 Å². The SMILES string of the molecule is C=C/C=C(\C=C)C(=O)C(/C=C\C)=C/CC.CC.CC.CCC. The number of Topliss-reactive ketones (excluding diaryl/α,β-unsaturated/α-hetero) is 1. The quantitative estimate of drug-likeness (QED) is 0.373. The molecule has 0 amide bonds. The Morgan fingerprint density at radius 3 is 1.68 bits per heavy atom. The lowest BCUT2D eigenvalue weighted by Crippen LogP contribution is -2.02. The predicted octanol–water partition coefficient (Wildman–Crippen LogP) is 7.24. The van der Waals surface area contributed by atoms with Crippen LogP contribution in [0.4, 0.5) is 0 Å². The van der Waals surface area contributed by atoms with E-state index in [-0.39, 0.29) is 5.78 Å². The Bertz CT molecular complexity index is 341. The van der Waals surface area contributed by atoms with E-state index >= 15 is 0 Å². The van der Waals surface area contributed by atoms with Gasteiger partial charge >= 0.3 is 0 Å². The lowest BCUT2D eigenvalue weighted by Gasteiger charge is -2.01. The fourth-order valence-corrected chi connectivity index (χ4v) is 1.17. The Labute approximate surface area is 140 Å². The second-order valence-electron chi connectivity index (χ2n) is 3.67. The second kappa shape index (κ2) is 27.7. The molecule has 0 aromatic rings. The van der Waals surface area contributed by atoms with E-state index in [1.54, 1.807) is 18.2 Å². The first-order valence-electron chi connectivity index (χ1n) is 8.45. The molecule has 0 aromatic carbocycles. The molecule has 1 nitrogen and oxygen atoms in total. The largest absolute Gasteiger partial charge is 0.289 e. The van der Waals surface area contributed by atoms with Gasteiger partial charge in [0.15, 0.2) is 5.78 Å². The van der Waals surface area contributed by atoms with Gasteiger partial charge in [-0.15, -0.1) is 0 Å². The molecule has 0 heterocycles. The molecule has 0 aromatic heterocycles. The number of carbonyl (C=O) groups excluding carboxylic acids is 1. The van der Waals surface area contributed by atoms with E-state index in [0.717, 1.165) is 6.42 Å². The summed E-state index contributed by atoms with van der Waals surface area (Å²) in [5.74, 6) is -0.00940. The van der Waals surface area contributed by atoms with Crippen molar-refractivity contribution in [1.29, 1.82) is 0 Å². The smallest absolute Gasteiger partial charge is 0.192 e. The summed E-state index contributed by atoms with van der Waals surface area (Å²) in [4.78, 5) is 11.9. The lowest BCUT2D eigenvalue weighted by molar-refractivity contribution is -0.111. The maximum absolute atomic E-state index is 11.9. The lowest BCUT2D eigenvalue weighted by atomic mass is 10.0. The van der Waals surface area contributed by atoms with Crippen molar-refractivity contribution in [3.63, 3.8) is 0 Å². The molecular formula is C21H38O. The van der Waals surface area contributed by atoms with Crippen LogP contribution in [0.2, 0.25) is 0 Å². The zero-order chi connectivity index (χ0) is 18.4. The van der Waals surface area contributed by atoms with E-state index in [1.807, 2.05) is 59.8 Å². The van der Waals surface area contributed by atoms with Crippen LogP contribution in [-0.4, -0.2) is 5.78 Å². The number of rotatable bonds is 6. The highest BCUT2D eigenvalue weighted by Gasteiger charge is 2.08. The minimum absolute atomic E-state index is 0.00940. The highest BCUT2D eigenvalue weighted by atomic mass is 16.1. The molecule has 0 aliphatic heterocycles. The Hall–Kier alpha value is -1.63. The van der Waals surface area contributed by atoms with Gasteiger partial charge in [0.25, 0.3) is 0 Å². The van der Waals surface area contributed by atoms with Crippen molar-refractivity contribution in [2.45, 2.75) is 68.2 Å². The van der Waals surface area contributed by atoms with E-state index in [0.29, 0.717) is 11.1 Å². The van der Waals surface area contributed by atoms with Crippen LogP contribution in [0.15, 0.2) is 60.8 Å². The van der Waals surface area contributed by atoms with Gasteiger partial charge in [-0.05, 0) is 13.3 Å². The number of carbonyl (C=O) groups is 1. The van der Waals surface area contributed by atoms with Crippen molar-refractivity contribution in [2.75, 3.05) is 0 Å². The van der Waals surface area contributed by atoms with Crippen LogP contribution in [0.3, 0.4) is 0 Å². The summed E-state index contributed by atoms with van der Waals surface area (Å²) < 4.78 is 0. The van der Waals surface area contributed by atoms with Crippen LogP contribution in [0, 0.1) is 0 Å². The van der Waals surface area contributed by atoms with Crippen molar-refractivity contribution in [3.8, 4) is 0 Å². The minimum atomic E-state index is -0.00940. The topological polar surface area (TPSA) is 17.1 Å². The number of hydrogen-bond acceptors (Lipinski definition) is 1. The number of ketones is 1. The first-order chi connectivity index (χ1) is 10.6.